The third-order valence-corrected chi connectivity index (χ3v) is 3.12. The lowest BCUT2D eigenvalue weighted by Gasteiger charge is -2.09. The Balaban J connectivity index is 2.21. The van der Waals surface area contributed by atoms with E-state index < -0.39 is 0 Å². The summed E-state index contributed by atoms with van der Waals surface area (Å²) in [6.45, 7) is 6.73. The van der Waals surface area contributed by atoms with E-state index in [0.29, 0.717) is 12.6 Å². The van der Waals surface area contributed by atoms with Crippen molar-refractivity contribution < 1.29 is 9.47 Å². The average Bonchev–Trinajstić information content (AvgIpc) is 2.33. The van der Waals surface area contributed by atoms with Crippen LogP contribution in [-0.4, -0.2) is 26.3 Å². The Labute approximate surface area is 118 Å². The Morgan fingerprint density at radius 1 is 1.33 bits per heavy atom. The summed E-state index contributed by atoms with van der Waals surface area (Å²) in [7, 11) is 1.66. The van der Waals surface area contributed by atoms with Gasteiger partial charge in [-0.05, 0) is 46.6 Å². The molecular weight excluding hydrogens is 294 g/mol. The summed E-state index contributed by atoms with van der Waals surface area (Å²) in [5, 5.41) is 3.36. The zero-order valence-corrected chi connectivity index (χ0v) is 12.9. The van der Waals surface area contributed by atoms with Crippen LogP contribution in [0.25, 0.3) is 0 Å². The molecule has 0 aliphatic carbocycles. The molecule has 1 aromatic carbocycles. The predicted molar refractivity (Wildman–Crippen MR) is 78.1 cm³/mol. The van der Waals surface area contributed by atoms with Crippen LogP contribution < -0.4 is 10.1 Å². The van der Waals surface area contributed by atoms with Gasteiger partial charge < -0.3 is 14.8 Å². The normalized spacial score (nSPS) is 10.9. The van der Waals surface area contributed by atoms with Crippen molar-refractivity contribution in [2.45, 2.75) is 32.9 Å². The Morgan fingerprint density at radius 2 is 2.11 bits per heavy atom. The van der Waals surface area contributed by atoms with E-state index >= 15 is 0 Å². The molecule has 0 aromatic heterocycles. The summed E-state index contributed by atoms with van der Waals surface area (Å²) in [6.07, 6.45) is 1.04. The number of rotatable bonds is 8. The van der Waals surface area contributed by atoms with Crippen LogP contribution in [-0.2, 0) is 11.3 Å². The average molecular weight is 316 g/mol. The Hall–Kier alpha value is -0.580. The van der Waals surface area contributed by atoms with Crippen molar-refractivity contribution in [2.75, 3.05) is 20.3 Å². The molecule has 0 bridgehead atoms. The van der Waals surface area contributed by atoms with E-state index in [1.807, 2.05) is 18.2 Å². The highest BCUT2D eigenvalue weighted by molar-refractivity contribution is 9.10. The SMILES string of the molecule is COc1ccc(COCCCNC(C)C)cc1Br. The maximum absolute atomic E-state index is 5.63. The first-order valence-electron chi connectivity index (χ1n) is 6.27. The molecule has 0 atom stereocenters. The minimum atomic E-state index is 0.544. The molecule has 0 saturated heterocycles. The molecule has 4 heteroatoms. The van der Waals surface area contributed by atoms with Crippen LogP contribution in [0.15, 0.2) is 22.7 Å². The van der Waals surface area contributed by atoms with E-state index in [0.717, 1.165) is 35.4 Å². The smallest absolute Gasteiger partial charge is 0.133 e. The second-order valence-corrected chi connectivity index (χ2v) is 5.34. The van der Waals surface area contributed by atoms with Crippen LogP contribution in [0, 0.1) is 0 Å². The van der Waals surface area contributed by atoms with Crippen molar-refractivity contribution in [3.8, 4) is 5.75 Å². The second kappa shape index (κ2) is 8.51. The molecule has 102 valence electrons. The number of hydrogen-bond donors (Lipinski definition) is 1. The van der Waals surface area contributed by atoms with E-state index in [9.17, 15) is 0 Å². The van der Waals surface area contributed by atoms with Crippen molar-refractivity contribution in [3.05, 3.63) is 28.2 Å². The van der Waals surface area contributed by atoms with E-state index in [1.165, 1.54) is 0 Å². The Bertz CT molecular complexity index is 356. The van der Waals surface area contributed by atoms with Crippen LogP contribution in [0.3, 0.4) is 0 Å². The summed E-state index contributed by atoms with van der Waals surface area (Å²) in [5.74, 6) is 0.847. The first-order chi connectivity index (χ1) is 8.63. The van der Waals surface area contributed by atoms with Gasteiger partial charge in [-0.15, -0.1) is 0 Å². The molecule has 0 unspecified atom stereocenters. The topological polar surface area (TPSA) is 30.5 Å². The van der Waals surface area contributed by atoms with Crippen LogP contribution in [0.2, 0.25) is 0 Å². The summed E-state index contributed by atoms with van der Waals surface area (Å²) in [4.78, 5) is 0. The van der Waals surface area contributed by atoms with Gasteiger partial charge in [0.2, 0.25) is 0 Å². The van der Waals surface area contributed by atoms with Gasteiger partial charge in [-0.2, -0.15) is 0 Å². The molecule has 0 aliphatic rings. The highest BCUT2D eigenvalue weighted by atomic mass is 79.9. The molecule has 0 heterocycles. The van der Waals surface area contributed by atoms with Gasteiger partial charge in [0.15, 0.2) is 0 Å². The fourth-order valence-corrected chi connectivity index (χ4v) is 2.14. The van der Waals surface area contributed by atoms with Gasteiger partial charge in [0, 0.05) is 12.6 Å². The second-order valence-electron chi connectivity index (χ2n) is 4.48. The van der Waals surface area contributed by atoms with Gasteiger partial charge in [-0.3, -0.25) is 0 Å². The number of nitrogens with one attached hydrogen (secondary N) is 1. The van der Waals surface area contributed by atoms with Crippen LogP contribution >= 0.6 is 15.9 Å². The molecule has 0 amide bonds. The van der Waals surface area contributed by atoms with Crippen LogP contribution in [0.1, 0.15) is 25.8 Å². The molecule has 1 N–H and O–H groups in total. The maximum Gasteiger partial charge on any atom is 0.133 e. The number of halogens is 1. The van der Waals surface area contributed by atoms with Gasteiger partial charge in [-0.25, -0.2) is 0 Å². The number of benzene rings is 1. The number of hydrogen-bond acceptors (Lipinski definition) is 3. The summed E-state index contributed by atoms with van der Waals surface area (Å²) in [6, 6.07) is 6.55. The zero-order chi connectivity index (χ0) is 13.4. The molecule has 0 spiro atoms. The van der Waals surface area contributed by atoms with E-state index in [1.54, 1.807) is 7.11 Å². The van der Waals surface area contributed by atoms with Gasteiger partial charge in [0.25, 0.3) is 0 Å². The largest absolute Gasteiger partial charge is 0.496 e. The fraction of sp³-hybridized carbons (Fsp3) is 0.571. The molecule has 0 aliphatic heterocycles. The highest BCUT2D eigenvalue weighted by Crippen LogP contribution is 2.25. The molecule has 0 radical (unpaired) electrons. The zero-order valence-electron chi connectivity index (χ0n) is 11.3. The van der Waals surface area contributed by atoms with Gasteiger partial charge in [0.1, 0.15) is 5.75 Å². The van der Waals surface area contributed by atoms with Gasteiger partial charge >= 0.3 is 0 Å². The van der Waals surface area contributed by atoms with Crippen LogP contribution in [0.5, 0.6) is 5.75 Å². The van der Waals surface area contributed by atoms with Gasteiger partial charge in [-0.1, -0.05) is 19.9 Å². The first kappa shape index (κ1) is 15.5. The van der Waals surface area contributed by atoms with E-state index in [2.05, 4.69) is 35.1 Å². The molecule has 0 fully saturated rings. The van der Waals surface area contributed by atoms with Gasteiger partial charge in [0.05, 0.1) is 18.2 Å². The predicted octanol–water partition coefficient (Wildman–Crippen LogP) is 3.36. The van der Waals surface area contributed by atoms with Crippen molar-refractivity contribution in [2.24, 2.45) is 0 Å². The van der Waals surface area contributed by atoms with Crippen molar-refractivity contribution >= 4 is 15.9 Å². The molecule has 18 heavy (non-hydrogen) atoms. The highest BCUT2D eigenvalue weighted by Gasteiger charge is 2.01. The molecule has 0 saturated carbocycles. The Morgan fingerprint density at radius 3 is 2.72 bits per heavy atom. The number of methoxy groups -OCH3 is 1. The van der Waals surface area contributed by atoms with E-state index in [4.69, 9.17) is 9.47 Å². The monoisotopic (exact) mass is 315 g/mol. The van der Waals surface area contributed by atoms with Crippen LogP contribution in [0.4, 0.5) is 0 Å². The minimum absolute atomic E-state index is 0.544. The quantitative estimate of drug-likeness (QED) is 0.746. The molecule has 3 nitrogen and oxygen atoms in total. The van der Waals surface area contributed by atoms with Crippen molar-refractivity contribution in [3.63, 3.8) is 0 Å². The maximum atomic E-state index is 5.63. The molecular formula is C14H22BrNO2. The third-order valence-electron chi connectivity index (χ3n) is 2.50. The Kier molecular flexibility index (Phi) is 7.32. The lowest BCUT2D eigenvalue weighted by molar-refractivity contribution is 0.118. The summed E-state index contributed by atoms with van der Waals surface area (Å²) in [5.41, 5.74) is 1.15. The minimum Gasteiger partial charge on any atom is -0.496 e. The molecule has 1 rings (SSSR count). The first-order valence-corrected chi connectivity index (χ1v) is 7.06. The van der Waals surface area contributed by atoms with Crippen molar-refractivity contribution in [1.82, 2.24) is 5.32 Å². The summed E-state index contributed by atoms with van der Waals surface area (Å²) < 4.78 is 11.8. The van der Waals surface area contributed by atoms with Crippen molar-refractivity contribution in [1.29, 1.82) is 0 Å². The lowest BCUT2D eigenvalue weighted by atomic mass is 10.2. The lowest BCUT2D eigenvalue weighted by Crippen LogP contribution is -2.24. The third kappa shape index (κ3) is 5.85. The number of ether oxygens (including phenoxy) is 2. The standard InChI is InChI=1S/C14H22BrNO2/c1-11(2)16-7-4-8-18-10-12-5-6-14(17-3)13(15)9-12/h5-6,9,11,16H,4,7-8,10H2,1-3H3. The fourth-order valence-electron chi connectivity index (χ4n) is 1.55. The van der Waals surface area contributed by atoms with E-state index in [-0.39, 0.29) is 0 Å². The molecule has 1 aromatic rings. The summed E-state index contributed by atoms with van der Waals surface area (Å²) >= 11 is 3.47.